The van der Waals surface area contributed by atoms with Crippen molar-refractivity contribution in [1.29, 1.82) is 0 Å². The molecular weight excluding hydrogens is 338 g/mol. The van der Waals surface area contributed by atoms with Gasteiger partial charge in [0, 0.05) is 25.6 Å². The maximum atomic E-state index is 12.2. The van der Waals surface area contributed by atoms with E-state index in [4.69, 9.17) is 4.52 Å². The molecule has 1 N–H and O–H groups in total. The number of aromatic nitrogens is 1. The van der Waals surface area contributed by atoms with Gasteiger partial charge >= 0.3 is 0 Å². The first-order valence-corrected chi connectivity index (χ1v) is 9.95. The smallest absolute Gasteiger partial charge is 0.219 e. The van der Waals surface area contributed by atoms with Gasteiger partial charge in [0.1, 0.15) is 0 Å². The topological polar surface area (TPSA) is 58.4 Å². The van der Waals surface area contributed by atoms with Crippen molar-refractivity contribution in [3.05, 3.63) is 52.9 Å². The minimum absolute atomic E-state index is 0.154. The van der Waals surface area contributed by atoms with Gasteiger partial charge in [0.15, 0.2) is 5.76 Å². The Balaban J connectivity index is 1.72. The van der Waals surface area contributed by atoms with E-state index in [2.05, 4.69) is 55.5 Å². The minimum atomic E-state index is 0.154. The molecule has 1 fully saturated rings. The lowest BCUT2D eigenvalue weighted by atomic mass is 9.90. The molecule has 5 heteroatoms. The monoisotopic (exact) mass is 369 g/mol. The Morgan fingerprint density at radius 3 is 2.85 bits per heavy atom. The first-order valence-electron chi connectivity index (χ1n) is 9.95. The summed E-state index contributed by atoms with van der Waals surface area (Å²) in [6, 6.07) is 11.0. The fraction of sp³-hybridized carbons (Fsp3) is 0.545. The number of rotatable bonds is 6. The van der Waals surface area contributed by atoms with Gasteiger partial charge in [-0.1, -0.05) is 48.8 Å². The summed E-state index contributed by atoms with van der Waals surface area (Å²) in [6.45, 7) is 9.48. The van der Waals surface area contributed by atoms with Gasteiger partial charge < -0.3 is 14.7 Å². The van der Waals surface area contributed by atoms with Crippen LogP contribution in [0.25, 0.3) is 0 Å². The van der Waals surface area contributed by atoms with E-state index in [-0.39, 0.29) is 18.0 Å². The maximum Gasteiger partial charge on any atom is 0.219 e. The van der Waals surface area contributed by atoms with E-state index >= 15 is 0 Å². The quantitative estimate of drug-likeness (QED) is 0.841. The Kier molecular flexibility index (Phi) is 6.32. The molecule has 2 heterocycles. The molecule has 1 amide bonds. The van der Waals surface area contributed by atoms with E-state index in [0.29, 0.717) is 12.5 Å². The molecule has 0 saturated carbocycles. The Bertz CT molecular complexity index is 768. The lowest BCUT2D eigenvalue weighted by molar-refractivity contribution is -0.133. The van der Waals surface area contributed by atoms with Crippen molar-refractivity contribution in [2.45, 2.75) is 71.5 Å². The van der Waals surface area contributed by atoms with E-state index in [0.717, 1.165) is 37.3 Å². The fourth-order valence-corrected chi connectivity index (χ4v) is 3.94. The summed E-state index contributed by atoms with van der Waals surface area (Å²) in [5.41, 5.74) is 3.52. The van der Waals surface area contributed by atoms with Crippen LogP contribution in [0.5, 0.6) is 0 Å². The van der Waals surface area contributed by atoms with Crippen LogP contribution < -0.4 is 5.32 Å². The number of amides is 1. The van der Waals surface area contributed by atoms with Crippen molar-refractivity contribution in [2.75, 3.05) is 6.54 Å². The Morgan fingerprint density at radius 1 is 1.37 bits per heavy atom. The van der Waals surface area contributed by atoms with Gasteiger partial charge in [-0.05, 0) is 37.7 Å². The second kappa shape index (κ2) is 8.70. The number of benzene rings is 1. The van der Waals surface area contributed by atoms with Crippen LogP contribution in [0.1, 0.15) is 62.1 Å². The van der Waals surface area contributed by atoms with Gasteiger partial charge in [-0.15, -0.1) is 0 Å². The maximum absolute atomic E-state index is 12.2. The van der Waals surface area contributed by atoms with Crippen molar-refractivity contribution in [3.63, 3.8) is 0 Å². The SMILES string of the molecule is CC(=O)N1CCC[C@H](NCc2cc(C(C)C)no2)[C@@H]1Cc1cccc(C)c1. The van der Waals surface area contributed by atoms with E-state index in [1.54, 1.807) is 6.92 Å². The Labute approximate surface area is 162 Å². The molecule has 0 spiro atoms. The van der Waals surface area contributed by atoms with E-state index in [1.807, 2.05) is 11.0 Å². The Hall–Kier alpha value is -2.14. The highest BCUT2D eigenvalue weighted by molar-refractivity contribution is 5.73. The van der Waals surface area contributed by atoms with Crippen LogP contribution in [0.2, 0.25) is 0 Å². The van der Waals surface area contributed by atoms with Gasteiger partial charge in [-0.25, -0.2) is 0 Å². The molecule has 27 heavy (non-hydrogen) atoms. The standard InChI is InChI=1S/C22H31N3O2/c1-15(2)21-13-19(27-24-21)14-23-20-9-6-10-25(17(4)26)22(20)12-18-8-5-7-16(3)11-18/h5,7-8,11,13,15,20,22-23H,6,9-10,12,14H2,1-4H3/t20-,22-/m0/s1. The second-order valence-corrected chi connectivity index (χ2v) is 7.98. The molecule has 2 aromatic rings. The predicted molar refractivity (Wildman–Crippen MR) is 107 cm³/mol. The van der Waals surface area contributed by atoms with Crippen molar-refractivity contribution >= 4 is 5.91 Å². The summed E-state index contributed by atoms with van der Waals surface area (Å²) in [5.74, 6) is 1.37. The van der Waals surface area contributed by atoms with Crippen molar-refractivity contribution < 1.29 is 9.32 Å². The number of carbonyl (C=O) groups excluding carboxylic acids is 1. The number of carbonyl (C=O) groups is 1. The average molecular weight is 370 g/mol. The molecule has 1 aliphatic rings. The lowest BCUT2D eigenvalue weighted by Gasteiger charge is -2.41. The molecule has 1 aromatic carbocycles. The molecule has 0 unspecified atom stereocenters. The molecule has 1 aromatic heterocycles. The molecule has 1 aliphatic heterocycles. The number of aryl methyl sites for hydroxylation is 1. The summed E-state index contributed by atoms with van der Waals surface area (Å²) in [5, 5.41) is 7.77. The summed E-state index contributed by atoms with van der Waals surface area (Å²) < 4.78 is 5.47. The van der Waals surface area contributed by atoms with Crippen LogP contribution >= 0.6 is 0 Å². The summed E-state index contributed by atoms with van der Waals surface area (Å²) in [6.07, 6.45) is 2.95. The van der Waals surface area contributed by atoms with Crippen molar-refractivity contribution in [2.24, 2.45) is 0 Å². The normalized spacial score (nSPS) is 20.3. The molecule has 146 valence electrons. The van der Waals surface area contributed by atoms with Gasteiger partial charge in [0.25, 0.3) is 0 Å². The third-order valence-corrected chi connectivity index (χ3v) is 5.42. The van der Waals surface area contributed by atoms with Gasteiger partial charge in [-0.2, -0.15) is 0 Å². The van der Waals surface area contributed by atoms with E-state index in [9.17, 15) is 4.79 Å². The number of hydrogen-bond acceptors (Lipinski definition) is 4. The zero-order valence-corrected chi connectivity index (χ0v) is 16.9. The Morgan fingerprint density at radius 2 is 2.19 bits per heavy atom. The van der Waals surface area contributed by atoms with E-state index < -0.39 is 0 Å². The molecular formula is C22H31N3O2. The average Bonchev–Trinajstić information content (AvgIpc) is 3.10. The molecule has 2 atom stereocenters. The molecule has 0 bridgehead atoms. The number of nitrogens with one attached hydrogen (secondary N) is 1. The molecule has 0 aliphatic carbocycles. The number of likely N-dealkylation sites (tertiary alicyclic amines) is 1. The zero-order chi connectivity index (χ0) is 19.4. The van der Waals surface area contributed by atoms with Crippen LogP contribution in [-0.2, 0) is 17.8 Å². The fourth-order valence-electron chi connectivity index (χ4n) is 3.94. The highest BCUT2D eigenvalue weighted by Gasteiger charge is 2.33. The third-order valence-electron chi connectivity index (χ3n) is 5.42. The number of hydrogen-bond donors (Lipinski definition) is 1. The van der Waals surface area contributed by atoms with Crippen LogP contribution in [0.15, 0.2) is 34.9 Å². The number of nitrogens with zero attached hydrogens (tertiary/aromatic N) is 2. The summed E-state index contributed by atoms with van der Waals surface area (Å²) >= 11 is 0. The van der Waals surface area contributed by atoms with Crippen molar-refractivity contribution in [1.82, 2.24) is 15.4 Å². The number of piperidine rings is 1. The summed E-state index contributed by atoms with van der Waals surface area (Å²) in [7, 11) is 0. The zero-order valence-electron chi connectivity index (χ0n) is 16.9. The highest BCUT2D eigenvalue weighted by atomic mass is 16.5. The molecule has 5 nitrogen and oxygen atoms in total. The predicted octanol–water partition coefficient (Wildman–Crippen LogP) is 3.82. The van der Waals surface area contributed by atoms with Crippen LogP contribution in [0.4, 0.5) is 0 Å². The van der Waals surface area contributed by atoms with Gasteiger partial charge in [-0.3, -0.25) is 4.79 Å². The van der Waals surface area contributed by atoms with Crippen LogP contribution in [0.3, 0.4) is 0 Å². The lowest BCUT2D eigenvalue weighted by Crippen LogP contribution is -2.56. The molecule has 1 saturated heterocycles. The van der Waals surface area contributed by atoms with Gasteiger partial charge in [0.2, 0.25) is 5.91 Å². The van der Waals surface area contributed by atoms with Crippen molar-refractivity contribution in [3.8, 4) is 0 Å². The third kappa shape index (κ3) is 4.98. The summed E-state index contributed by atoms with van der Waals surface area (Å²) in [4.78, 5) is 14.3. The highest BCUT2D eigenvalue weighted by Crippen LogP contribution is 2.23. The molecule has 0 radical (unpaired) electrons. The van der Waals surface area contributed by atoms with Crippen LogP contribution in [0, 0.1) is 6.92 Å². The first kappa shape index (κ1) is 19.6. The van der Waals surface area contributed by atoms with Gasteiger partial charge in [0.05, 0.1) is 18.3 Å². The molecule has 3 rings (SSSR count). The largest absolute Gasteiger partial charge is 0.360 e. The second-order valence-electron chi connectivity index (χ2n) is 7.98. The minimum Gasteiger partial charge on any atom is -0.360 e. The van der Waals surface area contributed by atoms with E-state index in [1.165, 1.54) is 11.1 Å². The first-order chi connectivity index (χ1) is 12.9. The van der Waals surface area contributed by atoms with Crippen LogP contribution in [-0.4, -0.2) is 34.6 Å².